The van der Waals surface area contributed by atoms with E-state index in [4.69, 9.17) is 33.5 Å². The summed E-state index contributed by atoms with van der Waals surface area (Å²) in [6, 6.07) is 0. The van der Waals surface area contributed by atoms with Crippen LogP contribution in [0.3, 0.4) is 0 Å². The number of rotatable bonds is 21. The van der Waals surface area contributed by atoms with Gasteiger partial charge in [-0.05, 0) is 12.3 Å². The van der Waals surface area contributed by atoms with E-state index in [2.05, 4.69) is 18.8 Å². The van der Waals surface area contributed by atoms with Crippen LogP contribution in [0.1, 0.15) is 71.1 Å². The zero-order chi connectivity index (χ0) is 26.0. The van der Waals surface area contributed by atoms with Crippen molar-refractivity contribution in [3.05, 3.63) is 0 Å². The fourth-order valence-electron chi connectivity index (χ4n) is 3.25. The molecule has 10 heteroatoms. The number of epoxide rings is 2. The van der Waals surface area contributed by atoms with Crippen molar-refractivity contribution < 1.29 is 48.2 Å². The van der Waals surface area contributed by atoms with E-state index in [0.29, 0.717) is 26.2 Å². The number of hydrogen-bond donors (Lipinski definition) is 2. The fraction of sp³-hybridized carbons (Fsp3) is 0.846. The van der Waals surface area contributed by atoms with Gasteiger partial charge < -0.3 is 38.6 Å². The number of ether oxygens (including phenoxy) is 6. The molecule has 0 amide bonds. The maximum Gasteiger partial charge on any atom is 0.341 e. The second-order valence-corrected chi connectivity index (χ2v) is 9.07. The average Bonchev–Trinajstić information content (AvgIpc) is 3.79. The van der Waals surface area contributed by atoms with Crippen LogP contribution in [0.15, 0.2) is 0 Å². The highest BCUT2D eigenvalue weighted by atomic mass is 16.7. The molecular weight excluding hydrogens is 472 g/mol. The van der Waals surface area contributed by atoms with Crippen molar-refractivity contribution in [2.45, 2.75) is 102 Å². The molecule has 2 N–H and O–H groups in total. The maximum absolute atomic E-state index is 12.7. The minimum atomic E-state index is -1.76. The SMILES string of the molecule is CCCCCCCCCCCC#CC(OC(=O)C(O)CO)OC(=O)C(COCC1CO1)OCC1CO1. The summed E-state index contributed by atoms with van der Waals surface area (Å²) in [6.45, 7) is 3.01. The smallest absolute Gasteiger partial charge is 0.341 e. The van der Waals surface area contributed by atoms with Crippen molar-refractivity contribution >= 4 is 11.9 Å². The van der Waals surface area contributed by atoms with Crippen LogP contribution in [0, 0.1) is 11.8 Å². The Hall–Kier alpha value is -1.74. The molecular formula is C26H42O10. The largest absolute Gasteiger partial charge is 0.411 e. The Kier molecular flexibility index (Phi) is 15.7. The third-order valence-electron chi connectivity index (χ3n) is 5.64. The first kappa shape index (κ1) is 30.5. The highest BCUT2D eigenvalue weighted by Gasteiger charge is 2.31. The fourth-order valence-corrected chi connectivity index (χ4v) is 3.25. The topological polar surface area (TPSA) is 137 Å². The molecule has 2 heterocycles. The summed E-state index contributed by atoms with van der Waals surface area (Å²) >= 11 is 0. The molecule has 0 bridgehead atoms. The van der Waals surface area contributed by atoms with Gasteiger partial charge in [0.15, 0.2) is 12.2 Å². The second kappa shape index (κ2) is 18.5. The Bertz CT molecular complexity index is 680. The van der Waals surface area contributed by atoms with Crippen LogP contribution in [-0.4, -0.2) is 92.5 Å². The molecule has 206 valence electrons. The van der Waals surface area contributed by atoms with E-state index in [0.717, 1.165) is 19.3 Å². The standard InChI is InChI=1S/C26H42O10/c1-2-3-4-5-6-7-8-9-10-11-12-13-24(35-25(29)22(28)14-27)36-26(30)23(34-18-21-17-33-21)19-31-15-20-16-32-20/h20-24,27-28H,2-11,14-19H2,1H3. The predicted molar refractivity (Wildman–Crippen MR) is 129 cm³/mol. The number of aliphatic hydroxyl groups is 2. The predicted octanol–water partition coefficient (Wildman–Crippen LogP) is 1.88. The van der Waals surface area contributed by atoms with Gasteiger partial charge in [0.2, 0.25) is 0 Å². The van der Waals surface area contributed by atoms with E-state index >= 15 is 0 Å². The summed E-state index contributed by atoms with van der Waals surface area (Å²) in [6.07, 6.45) is 6.76. The van der Waals surface area contributed by atoms with Crippen LogP contribution < -0.4 is 0 Å². The normalized spacial score (nSPS) is 20.5. The zero-order valence-electron chi connectivity index (χ0n) is 21.4. The van der Waals surface area contributed by atoms with Crippen LogP contribution in [-0.2, 0) is 38.0 Å². The molecule has 0 aromatic rings. The summed E-state index contributed by atoms with van der Waals surface area (Å²) in [5, 5.41) is 18.5. The Morgan fingerprint density at radius 1 is 0.917 bits per heavy atom. The van der Waals surface area contributed by atoms with Crippen molar-refractivity contribution in [3.63, 3.8) is 0 Å². The number of carbonyl (C=O) groups is 2. The van der Waals surface area contributed by atoms with E-state index in [1.807, 2.05) is 0 Å². The van der Waals surface area contributed by atoms with Crippen molar-refractivity contribution in [3.8, 4) is 11.8 Å². The number of unbranched alkanes of at least 4 members (excludes halogenated alkanes) is 9. The van der Waals surface area contributed by atoms with Crippen molar-refractivity contribution in [1.29, 1.82) is 0 Å². The number of aliphatic hydroxyl groups excluding tert-OH is 2. The first-order chi connectivity index (χ1) is 17.5. The molecule has 2 saturated heterocycles. The van der Waals surface area contributed by atoms with E-state index in [9.17, 15) is 14.7 Å². The van der Waals surface area contributed by atoms with Gasteiger partial charge in [0.05, 0.1) is 39.6 Å². The molecule has 5 unspecified atom stereocenters. The van der Waals surface area contributed by atoms with Crippen LogP contribution >= 0.6 is 0 Å². The summed E-state index contributed by atoms with van der Waals surface area (Å²) in [5.41, 5.74) is 0. The Morgan fingerprint density at radius 2 is 1.50 bits per heavy atom. The number of esters is 2. The van der Waals surface area contributed by atoms with Crippen LogP contribution in [0.5, 0.6) is 0 Å². The lowest BCUT2D eigenvalue weighted by Gasteiger charge is -2.20. The average molecular weight is 515 g/mol. The first-order valence-electron chi connectivity index (χ1n) is 13.1. The summed E-state index contributed by atoms with van der Waals surface area (Å²) in [5.74, 6) is 3.55. The molecule has 5 atom stereocenters. The van der Waals surface area contributed by atoms with Crippen molar-refractivity contribution in [2.75, 3.05) is 39.6 Å². The third kappa shape index (κ3) is 14.7. The van der Waals surface area contributed by atoms with Crippen LogP contribution in [0.2, 0.25) is 0 Å². The minimum absolute atomic E-state index is 0.0223. The lowest BCUT2D eigenvalue weighted by molar-refractivity contribution is -0.193. The molecule has 0 aliphatic carbocycles. The van der Waals surface area contributed by atoms with Gasteiger partial charge in [-0.15, -0.1) is 0 Å². The summed E-state index contributed by atoms with van der Waals surface area (Å²) < 4.78 is 31.5. The molecule has 2 fully saturated rings. The monoisotopic (exact) mass is 514 g/mol. The molecule has 0 saturated carbocycles. The molecule has 36 heavy (non-hydrogen) atoms. The van der Waals surface area contributed by atoms with E-state index in [-0.39, 0.29) is 25.4 Å². The summed E-state index contributed by atoms with van der Waals surface area (Å²) in [4.78, 5) is 24.7. The molecule has 0 spiro atoms. The van der Waals surface area contributed by atoms with Gasteiger partial charge in [-0.2, -0.15) is 0 Å². The van der Waals surface area contributed by atoms with Gasteiger partial charge in [-0.1, -0.05) is 64.2 Å². The van der Waals surface area contributed by atoms with Crippen LogP contribution in [0.25, 0.3) is 0 Å². The molecule has 0 aromatic heterocycles. The lowest BCUT2D eigenvalue weighted by Crippen LogP contribution is -2.38. The first-order valence-corrected chi connectivity index (χ1v) is 13.1. The van der Waals surface area contributed by atoms with Crippen LogP contribution in [0.4, 0.5) is 0 Å². The second-order valence-electron chi connectivity index (χ2n) is 9.07. The quantitative estimate of drug-likeness (QED) is 0.0768. The van der Waals surface area contributed by atoms with E-state index in [1.165, 1.54) is 38.5 Å². The maximum atomic E-state index is 12.7. The van der Waals surface area contributed by atoms with Gasteiger partial charge in [-0.25, -0.2) is 9.59 Å². The highest BCUT2D eigenvalue weighted by Crippen LogP contribution is 2.14. The molecule has 10 nitrogen and oxygen atoms in total. The molecule has 2 aliphatic rings. The third-order valence-corrected chi connectivity index (χ3v) is 5.64. The molecule has 2 rings (SSSR count). The van der Waals surface area contributed by atoms with Gasteiger partial charge >= 0.3 is 18.2 Å². The van der Waals surface area contributed by atoms with E-state index in [1.54, 1.807) is 0 Å². The molecule has 2 aliphatic heterocycles. The highest BCUT2D eigenvalue weighted by molar-refractivity contribution is 5.77. The lowest BCUT2D eigenvalue weighted by atomic mass is 10.1. The van der Waals surface area contributed by atoms with Gasteiger partial charge in [0.25, 0.3) is 0 Å². The van der Waals surface area contributed by atoms with Gasteiger partial charge in [-0.3, -0.25) is 0 Å². The molecule has 0 radical (unpaired) electrons. The van der Waals surface area contributed by atoms with Gasteiger partial charge in [0.1, 0.15) is 12.2 Å². The number of carbonyl (C=O) groups excluding carboxylic acids is 2. The summed E-state index contributed by atoms with van der Waals surface area (Å²) in [7, 11) is 0. The van der Waals surface area contributed by atoms with Gasteiger partial charge in [0, 0.05) is 6.42 Å². The molecule has 0 aromatic carbocycles. The van der Waals surface area contributed by atoms with Crippen molar-refractivity contribution in [2.24, 2.45) is 0 Å². The minimum Gasteiger partial charge on any atom is -0.411 e. The van der Waals surface area contributed by atoms with Crippen molar-refractivity contribution in [1.82, 2.24) is 0 Å². The number of hydrogen-bond acceptors (Lipinski definition) is 10. The Balaban J connectivity index is 1.79. The Labute approximate surface area is 213 Å². The Morgan fingerprint density at radius 3 is 2.11 bits per heavy atom. The zero-order valence-corrected chi connectivity index (χ0v) is 21.4. The van der Waals surface area contributed by atoms with E-state index < -0.39 is 37.0 Å².